The third-order valence-electron chi connectivity index (χ3n) is 4.23. The molecule has 2 aromatic heterocycles. The molecule has 0 radical (unpaired) electrons. The van der Waals surface area contributed by atoms with Gasteiger partial charge in [0.2, 0.25) is 13.1 Å². The predicted molar refractivity (Wildman–Crippen MR) is 90.0 cm³/mol. The van der Waals surface area contributed by atoms with Crippen molar-refractivity contribution >= 4 is 0 Å². The van der Waals surface area contributed by atoms with E-state index in [1.165, 1.54) is 49.9 Å². The maximum absolute atomic E-state index is 2.30. The van der Waals surface area contributed by atoms with E-state index in [1.54, 1.807) is 0 Å². The SMILES string of the molecule is C1CCCCC1.N.N.c1cc[n+]2c(c1)-c1cccc[n+]1CC2. The van der Waals surface area contributed by atoms with Crippen LogP contribution in [0.15, 0.2) is 48.8 Å². The summed E-state index contributed by atoms with van der Waals surface area (Å²) in [6.07, 6.45) is 13.3. The quantitative estimate of drug-likeness (QED) is 0.729. The fraction of sp³-hybridized carbons (Fsp3) is 0.444. The molecule has 1 saturated carbocycles. The van der Waals surface area contributed by atoms with Gasteiger partial charge in [0.25, 0.3) is 11.4 Å². The van der Waals surface area contributed by atoms with Gasteiger partial charge < -0.3 is 12.3 Å². The molecule has 0 bridgehead atoms. The third kappa shape index (κ3) is 4.36. The third-order valence-corrected chi connectivity index (χ3v) is 4.23. The van der Waals surface area contributed by atoms with Gasteiger partial charge in [-0.2, -0.15) is 9.13 Å². The number of aromatic nitrogens is 2. The van der Waals surface area contributed by atoms with E-state index in [0.29, 0.717) is 0 Å². The van der Waals surface area contributed by atoms with Gasteiger partial charge in [-0.25, -0.2) is 0 Å². The Hall–Kier alpha value is -1.78. The molecule has 2 aromatic rings. The van der Waals surface area contributed by atoms with Crippen LogP contribution in [0, 0.1) is 0 Å². The predicted octanol–water partition coefficient (Wildman–Crippen LogP) is 3.61. The van der Waals surface area contributed by atoms with Crippen molar-refractivity contribution in [1.82, 2.24) is 12.3 Å². The smallest absolute Gasteiger partial charge is 0.277 e. The topological polar surface area (TPSA) is 77.8 Å². The molecule has 0 saturated heterocycles. The second-order valence-corrected chi connectivity index (χ2v) is 5.68. The molecule has 0 unspecified atom stereocenters. The molecule has 22 heavy (non-hydrogen) atoms. The van der Waals surface area contributed by atoms with Crippen LogP contribution in [0.4, 0.5) is 0 Å². The van der Waals surface area contributed by atoms with Crippen LogP contribution < -0.4 is 21.4 Å². The number of pyridine rings is 2. The van der Waals surface area contributed by atoms with E-state index < -0.39 is 0 Å². The number of hydrogen-bond donors (Lipinski definition) is 2. The Bertz CT molecular complexity index is 508. The minimum absolute atomic E-state index is 0. The van der Waals surface area contributed by atoms with Crippen molar-refractivity contribution in [3.63, 3.8) is 0 Å². The summed E-state index contributed by atoms with van der Waals surface area (Å²) in [5.41, 5.74) is 2.61. The maximum atomic E-state index is 2.30. The highest BCUT2D eigenvalue weighted by molar-refractivity contribution is 5.46. The van der Waals surface area contributed by atoms with E-state index in [4.69, 9.17) is 0 Å². The zero-order valence-electron chi connectivity index (χ0n) is 13.6. The normalized spacial score (nSPS) is 14.9. The van der Waals surface area contributed by atoms with E-state index in [2.05, 4.69) is 57.9 Å². The molecule has 0 spiro atoms. The molecule has 4 heteroatoms. The number of nitrogens with zero attached hydrogens (tertiary/aromatic N) is 2. The largest absolute Gasteiger partial charge is 0.344 e. The molecule has 0 amide bonds. The van der Waals surface area contributed by atoms with Crippen LogP contribution in [0.2, 0.25) is 0 Å². The molecule has 1 fully saturated rings. The highest BCUT2D eigenvalue weighted by Gasteiger charge is 2.27. The lowest BCUT2D eigenvalue weighted by Crippen LogP contribution is -2.52. The molecule has 3 heterocycles. The number of hydrogen-bond acceptors (Lipinski definition) is 2. The van der Waals surface area contributed by atoms with Gasteiger partial charge in [-0.05, 0) is 12.1 Å². The van der Waals surface area contributed by atoms with Crippen LogP contribution >= 0.6 is 0 Å². The molecular weight excluding hydrogens is 272 g/mol. The summed E-state index contributed by atoms with van der Waals surface area (Å²) in [5, 5.41) is 0. The van der Waals surface area contributed by atoms with Crippen molar-refractivity contribution in [3.8, 4) is 11.4 Å². The van der Waals surface area contributed by atoms with Crippen molar-refractivity contribution in [2.45, 2.75) is 51.6 Å². The molecule has 1 aliphatic carbocycles. The van der Waals surface area contributed by atoms with Crippen molar-refractivity contribution in [1.29, 1.82) is 0 Å². The van der Waals surface area contributed by atoms with Crippen LogP contribution in [0.5, 0.6) is 0 Å². The van der Waals surface area contributed by atoms with Gasteiger partial charge in [-0.1, -0.05) is 38.5 Å². The van der Waals surface area contributed by atoms with Crippen molar-refractivity contribution < 1.29 is 9.13 Å². The van der Waals surface area contributed by atoms with Crippen LogP contribution in [0.1, 0.15) is 38.5 Å². The first-order valence-corrected chi connectivity index (χ1v) is 7.92. The highest BCUT2D eigenvalue weighted by atomic mass is 15.1. The van der Waals surface area contributed by atoms with Crippen molar-refractivity contribution in [3.05, 3.63) is 48.8 Å². The van der Waals surface area contributed by atoms with Crippen LogP contribution in [-0.4, -0.2) is 0 Å². The lowest BCUT2D eigenvalue weighted by Gasteiger charge is -2.08. The number of fused-ring (bicyclic) bond motifs is 3. The Kier molecular flexibility index (Phi) is 7.71. The number of aryl methyl sites for hydroxylation is 2. The van der Waals surface area contributed by atoms with Gasteiger partial charge in [0.05, 0.1) is 0 Å². The summed E-state index contributed by atoms with van der Waals surface area (Å²) in [4.78, 5) is 0. The van der Waals surface area contributed by atoms with Crippen LogP contribution in [0.3, 0.4) is 0 Å². The first kappa shape index (κ1) is 18.3. The summed E-state index contributed by atoms with van der Waals surface area (Å²) in [6, 6.07) is 12.7. The lowest BCUT2D eigenvalue weighted by molar-refractivity contribution is -0.794. The fourth-order valence-corrected chi connectivity index (χ4v) is 3.08. The first-order chi connectivity index (χ1) is 9.95. The van der Waals surface area contributed by atoms with Gasteiger partial charge >= 0.3 is 0 Å². The van der Waals surface area contributed by atoms with Crippen LogP contribution in [-0.2, 0) is 13.1 Å². The molecule has 4 nitrogen and oxygen atoms in total. The summed E-state index contributed by atoms with van der Waals surface area (Å²) in [7, 11) is 0. The highest BCUT2D eigenvalue weighted by Crippen LogP contribution is 2.15. The lowest BCUT2D eigenvalue weighted by atomic mass is 10.0. The molecular formula is C18H30N4+2. The molecule has 0 atom stereocenters. The first-order valence-electron chi connectivity index (χ1n) is 7.92. The van der Waals surface area contributed by atoms with Crippen molar-refractivity contribution in [2.24, 2.45) is 0 Å². The standard InChI is InChI=1S/C12H12N2.C6H12.2H3N/c1-3-7-13-9-10-14-8-4-2-6-12(14)11(13)5-1;1-2-4-6-5-3-1;;/h1-8H,9-10H2;1-6H2;2*1H3/q+2;;;. The maximum Gasteiger partial charge on any atom is 0.277 e. The summed E-state index contributed by atoms with van der Waals surface area (Å²) in [6.45, 7) is 2.13. The fourth-order valence-electron chi connectivity index (χ4n) is 3.08. The van der Waals surface area contributed by atoms with Gasteiger partial charge in [0.15, 0.2) is 12.4 Å². The Balaban J connectivity index is 0.000000261. The zero-order chi connectivity index (χ0) is 13.6. The Morgan fingerprint density at radius 3 is 1.27 bits per heavy atom. The minimum atomic E-state index is 0. The second kappa shape index (κ2) is 9.28. The molecule has 4 rings (SSSR count). The van der Waals surface area contributed by atoms with E-state index in [9.17, 15) is 0 Å². The minimum Gasteiger partial charge on any atom is -0.344 e. The van der Waals surface area contributed by atoms with Gasteiger partial charge in [-0.15, -0.1) is 0 Å². The molecule has 6 N–H and O–H groups in total. The van der Waals surface area contributed by atoms with E-state index >= 15 is 0 Å². The number of rotatable bonds is 0. The Morgan fingerprint density at radius 1 is 0.545 bits per heavy atom. The summed E-state index contributed by atoms with van der Waals surface area (Å²) >= 11 is 0. The van der Waals surface area contributed by atoms with Gasteiger partial charge in [-0.3, -0.25) is 0 Å². The molecule has 2 aliphatic rings. The zero-order valence-corrected chi connectivity index (χ0v) is 13.6. The molecule has 0 aromatic carbocycles. The Labute approximate surface area is 134 Å². The average molecular weight is 302 g/mol. The summed E-state index contributed by atoms with van der Waals surface area (Å²) in [5.74, 6) is 0. The average Bonchev–Trinajstić information content (AvgIpc) is 2.57. The van der Waals surface area contributed by atoms with Crippen LogP contribution in [0.25, 0.3) is 11.4 Å². The van der Waals surface area contributed by atoms with E-state index in [0.717, 1.165) is 13.1 Å². The van der Waals surface area contributed by atoms with E-state index in [1.807, 2.05) is 0 Å². The Morgan fingerprint density at radius 2 is 0.909 bits per heavy atom. The molecule has 1 aliphatic heterocycles. The molecule has 120 valence electrons. The van der Waals surface area contributed by atoms with E-state index in [-0.39, 0.29) is 12.3 Å². The van der Waals surface area contributed by atoms with Gasteiger partial charge in [0, 0.05) is 24.3 Å². The summed E-state index contributed by atoms with van der Waals surface area (Å²) < 4.78 is 4.60. The monoisotopic (exact) mass is 302 g/mol. The van der Waals surface area contributed by atoms with Gasteiger partial charge in [0.1, 0.15) is 0 Å². The second-order valence-electron chi connectivity index (χ2n) is 5.68. The van der Waals surface area contributed by atoms with Crippen molar-refractivity contribution in [2.75, 3.05) is 0 Å².